The Bertz CT molecular complexity index is 903. The number of benzene rings is 2. The molecular weight excluding hydrogens is 357 g/mol. The van der Waals surface area contributed by atoms with Gasteiger partial charge < -0.3 is 5.32 Å². The van der Waals surface area contributed by atoms with Crippen LogP contribution in [0.15, 0.2) is 42.5 Å². The van der Waals surface area contributed by atoms with Crippen molar-refractivity contribution in [2.45, 2.75) is 13.0 Å². The van der Waals surface area contributed by atoms with Gasteiger partial charge in [0.2, 0.25) is 15.9 Å². The number of carbonyl (C=O) groups is 1. The Labute approximate surface area is 143 Å². The van der Waals surface area contributed by atoms with Gasteiger partial charge in [0.1, 0.15) is 23.5 Å². The van der Waals surface area contributed by atoms with Crippen LogP contribution in [0.1, 0.15) is 6.92 Å². The van der Waals surface area contributed by atoms with Crippen molar-refractivity contribution in [2.24, 2.45) is 0 Å². The Hall–Kier alpha value is -2.55. The van der Waals surface area contributed by atoms with Crippen molar-refractivity contribution in [2.75, 3.05) is 15.9 Å². The van der Waals surface area contributed by atoms with Gasteiger partial charge in [-0.3, -0.25) is 9.10 Å². The number of nitrogens with one attached hydrogen (secondary N) is 1. The topological polar surface area (TPSA) is 66.5 Å². The Kier molecular flexibility index (Phi) is 5.36. The van der Waals surface area contributed by atoms with E-state index in [0.717, 1.165) is 30.5 Å². The summed E-state index contributed by atoms with van der Waals surface area (Å²) < 4.78 is 64.8. The van der Waals surface area contributed by atoms with Gasteiger partial charge in [0, 0.05) is 6.07 Å². The maximum Gasteiger partial charge on any atom is 0.248 e. The molecule has 2 aromatic carbocycles. The highest BCUT2D eigenvalue weighted by atomic mass is 32.2. The number of amides is 1. The first-order chi connectivity index (χ1) is 11.6. The van der Waals surface area contributed by atoms with Crippen molar-refractivity contribution >= 4 is 27.3 Å². The van der Waals surface area contributed by atoms with Crippen LogP contribution < -0.4 is 9.62 Å². The van der Waals surface area contributed by atoms with Crippen molar-refractivity contribution in [3.63, 3.8) is 0 Å². The highest BCUT2D eigenvalue weighted by molar-refractivity contribution is 7.92. The molecule has 134 valence electrons. The molecule has 1 atom stereocenters. The summed E-state index contributed by atoms with van der Waals surface area (Å²) in [5, 5.41) is 2.19. The molecule has 9 heteroatoms. The van der Waals surface area contributed by atoms with Crippen LogP contribution in [0.25, 0.3) is 0 Å². The van der Waals surface area contributed by atoms with Gasteiger partial charge in [0.05, 0.1) is 17.6 Å². The Balaban J connectivity index is 2.33. The molecule has 0 bridgehead atoms. The van der Waals surface area contributed by atoms with Crippen LogP contribution in [0, 0.1) is 17.5 Å². The highest BCUT2D eigenvalue weighted by Gasteiger charge is 2.29. The van der Waals surface area contributed by atoms with Gasteiger partial charge in [-0.1, -0.05) is 6.07 Å². The molecule has 0 unspecified atom stereocenters. The first-order valence-corrected chi connectivity index (χ1v) is 8.95. The molecule has 2 aromatic rings. The standard InChI is InChI=1S/C16H15F3N2O3S/c1-10(16(22)20-15-7-6-12(18)9-14(15)19)21(25(2,23)24)13-5-3-4-11(17)8-13/h3-10H,1-2H3,(H,20,22)/t10-/m1/s1. The molecule has 0 spiro atoms. The van der Waals surface area contributed by atoms with E-state index in [9.17, 15) is 26.4 Å². The number of hydrogen-bond donors (Lipinski definition) is 1. The molecule has 5 nitrogen and oxygen atoms in total. The number of nitrogens with zero attached hydrogens (tertiary/aromatic N) is 1. The van der Waals surface area contributed by atoms with Gasteiger partial charge in [-0.15, -0.1) is 0 Å². The summed E-state index contributed by atoms with van der Waals surface area (Å²) in [6, 6.07) is 5.96. The van der Waals surface area contributed by atoms with Crippen LogP contribution in [-0.2, 0) is 14.8 Å². The Morgan fingerprint density at radius 2 is 1.72 bits per heavy atom. The van der Waals surface area contributed by atoms with Crippen molar-refractivity contribution in [3.8, 4) is 0 Å². The minimum Gasteiger partial charge on any atom is -0.322 e. The second-order valence-electron chi connectivity index (χ2n) is 5.33. The second-order valence-corrected chi connectivity index (χ2v) is 7.19. The van der Waals surface area contributed by atoms with E-state index < -0.39 is 39.4 Å². The van der Waals surface area contributed by atoms with E-state index in [1.165, 1.54) is 19.1 Å². The SMILES string of the molecule is C[C@H](C(=O)Nc1ccc(F)cc1F)N(c1cccc(F)c1)S(C)(=O)=O. The first kappa shape index (κ1) is 18.8. The number of hydrogen-bond acceptors (Lipinski definition) is 3. The van der Waals surface area contributed by atoms with Crippen molar-refractivity contribution in [1.82, 2.24) is 0 Å². The predicted molar refractivity (Wildman–Crippen MR) is 88.2 cm³/mol. The van der Waals surface area contributed by atoms with Gasteiger partial charge in [-0.05, 0) is 37.3 Å². The zero-order valence-corrected chi connectivity index (χ0v) is 14.1. The monoisotopic (exact) mass is 372 g/mol. The van der Waals surface area contributed by atoms with E-state index in [2.05, 4.69) is 5.32 Å². The third-order valence-electron chi connectivity index (χ3n) is 3.34. The van der Waals surface area contributed by atoms with Crippen LogP contribution in [0.2, 0.25) is 0 Å². The Morgan fingerprint density at radius 1 is 1.08 bits per heavy atom. The van der Waals surface area contributed by atoms with Crippen LogP contribution in [0.4, 0.5) is 24.5 Å². The average molecular weight is 372 g/mol. The van der Waals surface area contributed by atoms with E-state index in [0.29, 0.717) is 10.4 Å². The molecule has 0 saturated carbocycles. The average Bonchev–Trinajstić information content (AvgIpc) is 2.48. The van der Waals surface area contributed by atoms with E-state index >= 15 is 0 Å². The summed E-state index contributed by atoms with van der Waals surface area (Å²) in [6.45, 7) is 1.27. The molecule has 0 radical (unpaired) electrons. The van der Waals surface area contributed by atoms with Gasteiger partial charge >= 0.3 is 0 Å². The molecule has 0 aliphatic rings. The summed E-state index contributed by atoms with van der Waals surface area (Å²) in [4.78, 5) is 12.3. The third kappa shape index (κ3) is 4.50. The fourth-order valence-electron chi connectivity index (χ4n) is 2.25. The molecule has 0 heterocycles. The largest absolute Gasteiger partial charge is 0.322 e. The second kappa shape index (κ2) is 7.14. The van der Waals surface area contributed by atoms with Crippen molar-refractivity contribution in [1.29, 1.82) is 0 Å². The minimum atomic E-state index is -3.94. The maximum atomic E-state index is 13.6. The third-order valence-corrected chi connectivity index (χ3v) is 4.58. The number of sulfonamides is 1. The highest BCUT2D eigenvalue weighted by Crippen LogP contribution is 2.23. The molecule has 1 amide bonds. The molecule has 0 aliphatic heterocycles. The van der Waals surface area contributed by atoms with Gasteiger partial charge in [0.25, 0.3) is 0 Å². The van der Waals surface area contributed by atoms with Gasteiger partial charge in [-0.25, -0.2) is 21.6 Å². The Morgan fingerprint density at radius 3 is 2.28 bits per heavy atom. The fraction of sp³-hybridized carbons (Fsp3) is 0.188. The van der Waals surface area contributed by atoms with E-state index in [4.69, 9.17) is 0 Å². The lowest BCUT2D eigenvalue weighted by Gasteiger charge is -2.28. The smallest absolute Gasteiger partial charge is 0.248 e. The summed E-state index contributed by atoms with van der Waals surface area (Å²) >= 11 is 0. The maximum absolute atomic E-state index is 13.6. The first-order valence-electron chi connectivity index (χ1n) is 7.10. The number of rotatable bonds is 5. The summed E-state index contributed by atoms with van der Waals surface area (Å²) in [5.41, 5.74) is -0.351. The summed E-state index contributed by atoms with van der Waals surface area (Å²) in [5.74, 6) is -3.36. The van der Waals surface area contributed by atoms with Gasteiger partial charge in [-0.2, -0.15) is 0 Å². The molecule has 0 aliphatic carbocycles. The normalized spacial score (nSPS) is 12.5. The fourth-order valence-corrected chi connectivity index (χ4v) is 3.42. The zero-order chi connectivity index (χ0) is 18.8. The summed E-state index contributed by atoms with van der Waals surface area (Å²) in [7, 11) is -3.94. The summed E-state index contributed by atoms with van der Waals surface area (Å²) in [6.07, 6.45) is 0.861. The lowest BCUT2D eigenvalue weighted by atomic mass is 10.2. The lowest BCUT2D eigenvalue weighted by molar-refractivity contribution is -0.116. The zero-order valence-electron chi connectivity index (χ0n) is 13.3. The number of anilines is 2. The van der Waals surface area contributed by atoms with Crippen LogP contribution in [0.5, 0.6) is 0 Å². The molecule has 0 saturated heterocycles. The lowest BCUT2D eigenvalue weighted by Crippen LogP contribution is -2.45. The molecule has 25 heavy (non-hydrogen) atoms. The van der Waals surface area contributed by atoms with Crippen LogP contribution in [0.3, 0.4) is 0 Å². The van der Waals surface area contributed by atoms with Crippen molar-refractivity contribution in [3.05, 3.63) is 59.9 Å². The number of halogens is 3. The molecule has 0 fully saturated rings. The molecule has 0 aromatic heterocycles. The van der Waals surface area contributed by atoms with Crippen molar-refractivity contribution < 1.29 is 26.4 Å². The van der Waals surface area contributed by atoms with E-state index in [1.807, 2.05) is 0 Å². The molecular formula is C16H15F3N2O3S. The van der Waals surface area contributed by atoms with Crippen LogP contribution in [-0.4, -0.2) is 26.6 Å². The predicted octanol–water partition coefficient (Wildman–Crippen LogP) is 2.90. The number of carbonyl (C=O) groups excluding carboxylic acids is 1. The molecule has 1 N–H and O–H groups in total. The van der Waals surface area contributed by atoms with Crippen LogP contribution >= 0.6 is 0 Å². The molecule has 2 rings (SSSR count). The van der Waals surface area contributed by atoms with E-state index in [-0.39, 0.29) is 11.4 Å². The van der Waals surface area contributed by atoms with E-state index in [1.54, 1.807) is 0 Å². The minimum absolute atomic E-state index is 0.0512. The van der Waals surface area contributed by atoms with Gasteiger partial charge in [0.15, 0.2) is 0 Å². The quantitative estimate of drug-likeness (QED) is 0.878.